The van der Waals surface area contributed by atoms with Gasteiger partial charge in [-0.2, -0.15) is 0 Å². The smallest absolute Gasteiger partial charge is 0.223 e. The number of hydrogen-bond acceptors (Lipinski definition) is 4. The van der Waals surface area contributed by atoms with Crippen LogP contribution in [0.5, 0.6) is 11.5 Å². The molecule has 116 valence electrons. The summed E-state index contributed by atoms with van der Waals surface area (Å²) in [5.74, 6) is 1.48. The van der Waals surface area contributed by atoms with Crippen LogP contribution in [0.3, 0.4) is 0 Å². The van der Waals surface area contributed by atoms with Crippen LogP contribution >= 0.6 is 0 Å². The van der Waals surface area contributed by atoms with Crippen molar-refractivity contribution in [3.05, 3.63) is 23.8 Å². The molecule has 1 amide bonds. The lowest BCUT2D eigenvalue weighted by atomic mass is 10.0. The molecule has 0 heterocycles. The molecule has 5 nitrogen and oxygen atoms in total. The molecule has 5 heteroatoms. The third-order valence-corrected chi connectivity index (χ3v) is 4.11. The predicted octanol–water partition coefficient (Wildman–Crippen LogP) is 2.01. The molecular weight excluding hydrogens is 268 g/mol. The molecule has 3 unspecified atom stereocenters. The molecule has 0 radical (unpaired) electrons. The van der Waals surface area contributed by atoms with Gasteiger partial charge in [-0.05, 0) is 43.9 Å². The van der Waals surface area contributed by atoms with Crippen molar-refractivity contribution < 1.29 is 14.3 Å². The van der Waals surface area contributed by atoms with E-state index < -0.39 is 0 Å². The van der Waals surface area contributed by atoms with Crippen molar-refractivity contribution >= 4 is 5.91 Å². The van der Waals surface area contributed by atoms with Crippen LogP contribution in [0.1, 0.15) is 37.8 Å². The van der Waals surface area contributed by atoms with Gasteiger partial charge in [-0.1, -0.05) is 6.07 Å². The second kappa shape index (κ2) is 6.80. The second-order valence-electron chi connectivity index (χ2n) is 5.61. The summed E-state index contributed by atoms with van der Waals surface area (Å²) in [5.41, 5.74) is 6.85. The third kappa shape index (κ3) is 3.67. The molecule has 0 spiro atoms. The van der Waals surface area contributed by atoms with E-state index in [-0.39, 0.29) is 23.9 Å². The highest BCUT2D eigenvalue weighted by Gasteiger charge is 2.28. The zero-order valence-electron chi connectivity index (χ0n) is 12.9. The van der Waals surface area contributed by atoms with Crippen molar-refractivity contribution in [2.45, 2.75) is 38.3 Å². The number of nitrogens with two attached hydrogens (primary N) is 1. The van der Waals surface area contributed by atoms with Crippen LogP contribution in [0.4, 0.5) is 0 Å². The highest BCUT2D eigenvalue weighted by Crippen LogP contribution is 2.30. The van der Waals surface area contributed by atoms with Gasteiger partial charge in [0.05, 0.1) is 20.3 Å². The predicted molar refractivity (Wildman–Crippen MR) is 81.4 cm³/mol. The van der Waals surface area contributed by atoms with Crippen LogP contribution in [0.2, 0.25) is 0 Å². The molecule has 1 aromatic carbocycles. The van der Waals surface area contributed by atoms with Crippen LogP contribution in [0.15, 0.2) is 18.2 Å². The van der Waals surface area contributed by atoms with Crippen LogP contribution in [0.25, 0.3) is 0 Å². The number of carbonyl (C=O) groups is 1. The standard InChI is InChI=1S/C16H24N2O3/c1-10(18-16(19)12-4-6-13(17)8-12)11-5-7-14(20-2)15(9-11)21-3/h5,7,9-10,12-13H,4,6,8,17H2,1-3H3,(H,18,19). The van der Waals surface area contributed by atoms with Gasteiger partial charge >= 0.3 is 0 Å². The van der Waals surface area contributed by atoms with Crippen molar-refractivity contribution in [2.24, 2.45) is 11.7 Å². The Morgan fingerprint density at radius 3 is 2.57 bits per heavy atom. The van der Waals surface area contributed by atoms with Crippen molar-refractivity contribution in [3.8, 4) is 11.5 Å². The molecule has 1 aliphatic rings. The first kappa shape index (κ1) is 15.6. The summed E-state index contributed by atoms with van der Waals surface area (Å²) in [6.07, 6.45) is 2.60. The first-order valence-corrected chi connectivity index (χ1v) is 7.33. The molecule has 0 saturated heterocycles. The van der Waals surface area contributed by atoms with Gasteiger partial charge in [-0.25, -0.2) is 0 Å². The molecule has 2 rings (SSSR count). The lowest BCUT2D eigenvalue weighted by Crippen LogP contribution is -2.32. The van der Waals surface area contributed by atoms with E-state index in [4.69, 9.17) is 15.2 Å². The zero-order valence-corrected chi connectivity index (χ0v) is 12.9. The zero-order chi connectivity index (χ0) is 15.4. The van der Waals surface area contributed by atoms with Crippen LogP contribution in [-0.2, 0) is 4.79 Å². The fourth-order valence-electron chi connectivity index (χ4n) is 2.79. The third-order valence-electron chi connectivity index (χ3n) is 4.11. The maximum absolute atomic E-state index is 12.2. The van der Waals surface area contributed by atoms with Crippen molar-refractivity contribution in [1.29, 1.82) is 0 Å². The van der Waals surface area contributed by atoms with Crippen LogP contribution < -0.4 is 20.5 Å². The molecular formula is C16H24N2O3. The molecule has 1 fully saturated rings. The maximum atomic E-state index is 12.2. The number of ether oxygens (including phenoxy) is 2. The fourth-order valence-corrected chi connectivity index (χ4v) is 2.79. The van der Waals surface area contributed by atoms with Gasteiger partial charge in [0.15, 0.2) is 11.5 Å². The van der Waals surface area contributed by atoms with Gasteiger partial charge in [0.1, 0.15) is 0 Å². The summed E-state index contributed by atoms with van der Waals surface area (Å²) in [5, 5.41) is 3.06. The highest BCUT2D eigenvalue weighted by molar-refractivity contribution is 5.79. The number of benzene rings is 1. The number of carbonyl (C=O) groups excluding carboxylic acids is 1. The van der Waals surface area contributed by atoms with E-state index in [1.54, 1.807) is 14.2 Å². The van der Waals surface area contributed by atoms with Gasteiger partial charge in [-0.15, -0.1) is 0 Å². The Morgan fingerprint density at radius 2 is 2.00 bits per heavy atom. The van der Waals surface area contributed by atoms with Crippen molar-refractivity contribution in [3.63, 3.8) is 0 Å². The van der Waals surface area contributed by atoms with Crippen molar-refractivity contribution in [1.82, 2.24) is 5.32 Å². The molecule has 1 aliphatic carbocycles. The first-order valence-electron chi connectivity index (χ1n) is 7.33. The highest BCUT2D eigenvalue weighted by atomic mass is 16.5. The Balaban J connectivity index is 2.02. The van der Waals surface area contributed by atoms with E-state index in [2.05, 4.69) is 5.32 Å². The molecule has 3 N–H and O–H groups in total. The average Bonchev–Trinajstić information content (AvgIpc) is 2.93. The molecule has 21 heavy (non-hydrogen) atoms. The van der Waals surface area contributed by atoms with E-state index in [9.17, 15) is 4.79 Å². The van der Waals surface area contributed by atoms with Crippen LogP contribution in [-0.4, -0.2) is 26.2 Å². The summed E-state index contributed by atoms with van der Waals surface area (Å²) >= 11 is 0. The Hall–Kier alpha value is -1.75. The fraction of sp³-hybridized carbons (Fsp3) is 0.562. The molecule has 0 bridgehead atoms. The van der Waals surface area contributed by atoms with Crippen LogP contribution in [0, 0.1) is 5.92 Å². The number of rotatable bonds is 5. The molecule has 1 saturated carbocycles. The maximum Gasteiger partial charge on any atom is 0.223 e. The topological polar surface area (TPSA) is 73.6 Å². The van der Waals surface area contributed by atoms with Gasteiger partial charge < -0.3 is 20.5 Å². The molecule has 0 aliphatic heterocycles. The number of methoxy groups -OCH3 is 2. The number of hydrogen-bond donors (Lipinski definition) is 2. The minimum atomic E-state index is -0.0749. The van der Waals surface area contributed by atoms with E-state index in [0.717, 1.165) is 24.8 Å². The Bertz CT molecular complexity index is 504. The van der Waals surface area contributed by atoms with E-state index in [1.165, 1.54) is 0 Å². The van der Waals surface area contributed by atoms with E-state index >= 15 is 0 Å². The van der Waals surface area contributed by atoms with Gasteiger partial charge in [0.25, 0.3) is 0 Å². The summed E-state index contributed by atoms with van der Waals surface area (Å²) in [7, 11) is 3.21. The van der Waals surface area contributed by atoms with E-state index in [0.29, 0.717) is 11.5 Å². The minimum Gasteiger partial charge on any atom is -0.493 e. The van der Waals surface area contributed by atoms with Gasteiger partial charge in [0, 0.05) is 12.0 Å². The molecule has 0 aromatic heterocycles. The number of nitrogens with one attached hydrogen (secondary N) is 1. The SMILES string of the molecule is COc1ccc(C(C)NC(=O)C2CCC(N)C2)cc1OC. The van der Waals surface area contributed by atoms with Gasteiger partial charge in [-0.3, -0.25) is 4.79 Å². The summed E-state index contributed by atoms with van der Waals surface area (Å²) < 4.78 is 10.5. The summed E-state index contributed by atoms with van der Waals surface area (Å²) in [4.78, 5) is 12.2. The number of amides is 1. The average molecular weight is 292 g/mol. The normalized spacial score (nSPS) is 22.7. The summed E-state index contributed by atoms with van der Waals surface area (Å²) in [6.45, 7) is 1.97. The largest absolute Gasteiger partial charge is 0.493 e. The Labute approximate surface area is 125 Å². The Kier molecular flexibility index (Phi) is 5.07. The lowest BCUT2D eigenvalue weighted by molar-refractivity contribution is -0.125. The van der Waals surface area contributed by atoms with Gasteiger partial charge in [0.2, 0.25) is 5.91 Å². The first-order chi connectivity index (χ1) is 10.0. The molecule has 3 atom stereocenters. The summed E-state index contributed by atoms with van der Waals surface area (Å²) in [6, 6.07) is 5.77. The quantitative estimate of drug-likeness (QED) is 0.870. The second-order valence-corrected chi connectivity index (χ2v) is 5.61. The molecule has 1 aromatic rings. The van der Waals surface area contributed by atoms with Crippen molar-refractivity contribution in [2.75, 3.05) is 14.2 Å². The lowest BCUT2D eigenvalue weighted by Gasteiger charge is -2.19. The Morgan fingerprint density at radius 1 is 1.29 bits per heavy atom. The monoisotopic (exact) mass is 292 g/mol. The minimum absolute atomic E-state index is 0.0441. The van der Waals surface area contributed by atoms with E-state index in [1.807, 2.05) is 25.1 Å².